The highest BCUT2D eigenvalue weighted by atomic mass is 35.5. The fourth-order valence-corrected chi connectivity index (χ4v) is 1.99. The molecule has 0 radical (unpaired) electrons. The molecule has 6 heteroatoms. The summed E-state index contributed by atoms with van der Waals surface area (Å²) < 4.78 is 1.42. The number of halogens is 2. The van der Waals surface area contributed by atoms with Crippen LogP contribution in [0.2, 0.25) is 10.0 Å². The lowest BCUT2D eigenvalue weighted by Gasteiger charge is -2.09. The van der Waals surface area contributed by atoms with Gasteiger partial charge in [-0.15, -0.1) is 0 Å². The first-order valence-corrected chi connectivity index (χ1v) is 5.73. The highest BCUT2D eigenvalue weighted by molar-refractivity contribution is 6.42. The van der Waals surface area contributed by atoms with Crippen molar-refractivity contribution in [2.45, 2.75) is 13.5 Å². The van der Waals surface area contributed by atoms with Crippen molar-refractivity contribution in [3.05, 3.63) is 49.7 Å². The van der Waals surface area contributed by atoms with E-state index in [0.717, 1.165) is 11.1 Å². The Morgan fingerprint density at radius 2 is 2.12 bits per heavy atom. The highest BCUT2D eigenvalue weighted by Gasteiger charge is 2.08. The summed E-state index contributed by atoms with van der Waals surface area (Å²) in [5.41, 5.74) is 7.11. The molecule has 0 fully saturated rings. The van der Waals surface area contributed by atoms with Crippen LogP contribution in [-0.4, -0.2) is 9.78 Å². The number of hydrogen-bond acceptors (Lipinski definition) is 2. The standard InChI is InChI=1S/C11H11Cl2N3O/c1-6-7(2-3-8(12)11(6)13)5-16-10(17)4-9(14)15-16/h2-4,15H,5,14H2,1H3. The molecule has 0 amide bonds. The molecule has 1 aromatic carbocycles. The van der Waals surface area contributed by atoms with Crippen LogP contribution in [0.15, 0.2) is 23.0 Å². The summed E-state index contributed by atoms with van der Waals surface area (Å²) in [4.78, 5) is 11.5. The third kappa shape index (κ3) is 2.33. The number of nitrogens with zero attached hydrogens (tertiary/aromatic N) is 1. The Hall–Kier alpha value is -1.39. The van der Waals surface area contributed by atoms with Gasteiger partial charge >= 0.3 is 0 Å². The molecule has 0 aliphatic heterocycles. The number of anilines is 1. The van der Waals surface area contributed by atoms with Crippen molar-refractivity contribution in [2.24, 2.45) is 0 Å². The molecule has 0 unspecified atom stereocenters. The van der Waals surface area contributed by atoms with E-state index in [1.165, 1.54) is 10.7 Å². The number of nitrogens with two attached hydrogens (primary N) is 1. The van der Waals surface area contributed by atoms with Gasteiger partial charge in [0.1, 0.15) is 5.82 Å². The second-order valence-electron chi connectivity index (χ2n) is 3.78. The van der Waals surface area contributed by atoms with Crippen molar-refractivity contribution in [1.82, 2.24) is 9.78 Å². The molecule has 1 aromatic heterocycles. The van der Waals surface area contributed by atoms with Crippen LogP contribution in [0.4, 0.5) is 5.82 Å². The fourth-order valence-electron chi connectivity index (χ4n) is 1.61. The van der Waals surface area contributed by atoms with Crippen molar-refractivity contribution in [1.29, 1.82) is 0 Å². The third-order valence-electron chi connectivity index (χ3n) is 2.59. The highest BCUT2D eigenvalue weighted by Crippen LogP contribution is 2.28. The first-order valence-electron chi connectivity index (χ1n) is 4.98. The van der Waals surface area contributed by atoms with Crippen LogP contribution in [0.5, 0.6) is 0 Å². The van der Waals surface area contributed by atoms with E-state index < -0.39 is 0 Å². The maximum atomic E-state index is 11.5. The second-order valence-corrected chi connectivity index (χ2v) is 4.57. The van der Waals surface area contributed by atoms with E-state index in [4.69, 9.17) is 28.9 Å². The average molecular weight is 272 g/mol. The van der Waals surface area contributed by atoms with Crippen LogP contribution in [0.1, 0.15) is 11.1 Å². The molecular formula is C11H11Cl2N3O. The van der Waals surface area contributed by atoms with E-state index in [9.17, 15) is 4.79 Å². The average Bonchev–Trinajstić information content (AvgIpc) is 2.58. The quantitative estimate of drug-likeness (QED) is 0.881. The van der Waals surface area contributed by atoms with Crippen LogP contribution < -0.4 is 11.3 Å². The number of nitrogen functional groups attached to an aromatic ring is 1. The molecule has 0 aliphatic carbocycles. The third-order valence-corrected chi connectivity index (χ3v) is 3.49. The van der Waals surface area contributed by atoms with Crippen LogP contribution in [-0.2, 0) is 6.54 Å². The lowest BCUT2D eigenvalue weighted by Crippen LogP contribution is -2.17. The van der Waals surface area contributed by atoms with Gasteiger partial charge < -0.3 is 5.73 Å². The number of aromatic nitrogens is 2. The molecule has 0 spiro atoms. The van der Waals surface area contributed by atoms with Crippen molar-refractivity contribution >= 4 is 29.0 Å². The summed E-state index contributed by atoms with van der Waals surface area (Å²) in [7, 11) is 0. The molecule has 0 saturated heterocycles. The maximum Gasteiger partial charge on any atom is 0.268 e. The molecule has 2 aromatic rings. The van der Waals surface area contributed by atoms with Gasteiger partial charge in [0.05, 0.1) is 16.6 Å². The van der Waals surface area contributed by atoms with Gasteiger partial charge in [-0.3, -0.25) is 9.89 Å². The first-order chi connectivity index (χ1) is 7.99. The van der Waals surface area contributed by atoms with Crippen LogP contribution in [0.3, 0.4) is 0 Å². The molecule has 2 rings (SSSR count). The van der Waals surface area contributed by atoms with Gasteiger partial charge in [-0.1, -0.05) is 29.3 Å². The van der Waals surface area contributed by atoms with Gasteiger partial charge in [0, 0.05) is 6.07 Å². The van der Waals surface area contributed by atoms with Gasteiger partial charge in [0.2, 0.25) is 0 Å². The predicted octanol–water partition coefficient (Wildman–Crippen LogP) is 2.42. The van der Waals surface area contributed by atoms with E-state index in [0.29, 0.717) is 22.4 Å². The molecule has 0 saturated carbocycles. The Morgan fingerprint density at radius 3 is 2.71 bits per heavy atom. The Labute approximate surface area is 108 Å². The van der Waals surface area contributed by atoms with Crippen molar-refractivity contribution in [3.8, 4) is 0 Å². The number of hydrogen-bond donors (Lipinski definition) is 2. The summed E-state index contributed by atoms with van der Waals surface area (Å²) in [6.45, 7) is 2.25. The molecule has 90 valence electrons. The summed E-state index contributed by atoms with van der Waals surface area (Å²) >= 11 is 11.9. The van der Waals surface area contributed by atoms with E-state index in [1.54, 1.807) is 6.07 Å². The molecule has 0 atom stereocenters. The zero-order valence-electron chi connectivity index (χ0n) is 9.13. The Morgan fingerprint density at radius 1 is 1.41 bits per heavy atom. The zero-order valence-corrected chi connectivity index (χ0v) is 10.6. The molecule has 17 heavy (non-hydrogen) atoms. The number of nitrogens with one attached hydrogen (secondary N) is 1. The largest absolute Gasteiger partial charge is 0.384 e. The lowest BCUT2D eigenvalue weighted by atomic mass is 10.1. The fraction of sp³-hybridized carbons (Fsp3) is 0.182. The SMILES string of the molecule is Cc1c(Cn2[nH]c(N)cc2=O)ccc(Cl)c1Cl. The normalized spacial score (nSPS) is 10.8. The number of rotatable bonds is 2. The molecule has 3 N–H and O–H groups in total. The zero-order chi connectivity index (χ0) is 12.6. The van der Waals surface area contributed by atoms with Crippen LogP contribution in [0.25, 0.3) is 0 Å². The lowest BCUT2D eigenvalue weighted by molar-refractivity contribution is 0.664. The number of H-pyrrole nitrogens is 1. The van der Waals surface area contributed by atoms with Crippen molar-refractivity contribution < 1.29 is 0 Å². The van der Waals surface area contributed by atoms with Crippen LogP contribution >= 0.6 is 23.2 Å². The van der Waals surface area contributed by atoms with E-state index in [-0.39, 0.29) is 5.56 Å². The maximum absolute atomic E-state index is 11.5. The summed E-state index contributed by atoms with van der Waals surface area (Å²) in [6.07, 6.45) is 0. The van der Waals surface area contributed by atoms with Gasteiger partial charge in [0.25, 0.3) is 5.56 Å². The van der Waals surface area contributed by atoms with Crippen LogP contribution in [0, 0.1) is 6.92 Å². The minimum Gasteiger partial charge on any atom is -0.384 e. The second kappa shape index (κ2) is 4.47. The summed E-state index contributed by atoms with van der Waals surface area (Å²) in [5.74, 6) is 0.340. The Bertz CT molecular complexity index is 616. The molecular weight excluding hydrogens is 261 g/mol. The first kappa shape index (κ1) is 12.1. The van der Waals surface area contributed by atoms with Gasteiger partial charge in [-0.05, 0) is 24.1 Å². The monoisotopic (exact) mass is 271 g/mol. The van der Waals surface area contributed by atoms with E-state index in [2.05, 4.69) is 5.10 Å². The summed E-state index contributed by atoms with van der Waals surface area (Å²) in [6, 6.07) is 4.89. The Balaban J connectivity index is 2.40. The summed E-state index contributed by atoms with van der Waals surface area (Å²) in [5, 5.41) is 3.78. The van der Waals surface area contributed by atoms with Crippen molar-refractivity contribution in [2.75, 3.05) is 5.73 Å². The smallest absolute Gasteiger partial charge is 0.268 e. The van der Waals surface area contributed by atoms with E-state index >= 15 is 0 Å². The van der Waals surface area contributed by atoms with Gasteiger partial charge in [-0.2, -0.15) is 0 Å². The molecule has 4 nitrogen and oxygen atoms in total. The Kier molecular flexibility index (Phi) is 3.17. The predicted molar refractivity (Wildman–Crippen MR) is 69.8 cm³/mol. The minimum atomic E-state index is -0.173. The molecule has 0 bridgehead atoms. The molecule has 0 aliphatic rings. The van der Waals surface area contributed by atoms with Gasteiger partial charge in [-0.25, -0.2) is 4.68 Å². The topological polar surface area (TPSA) is 63.8 Å². The minimum absolute atomic E-state index is 0.173. The molecule has 1 heterocycles. The number of aromatic amines is 1. The van der Waals surface area contributed by atoms with E-state index in [1.807, 2.05) is 13.0 Å². The van der Waals surface area contributed by atoms with Crippen molar-refractivity contribution in [3.63, 3.8) is 0 Å². The van der Waals surface area contributed by atoms with Gasteiger partial charge in [0.15, 0.2) is 0 Å². The number of benzene rings is 1.